The van der Waals surface area contributed by atoms with Gasteiger partial charge >= 0.3 is 0 Å². The van der Waals surface area contributed by atoms with Gasteiger partial charge in [-0.05, 0) is 0 Å². The molecule has 0 aliphatic heterocycles. The van der Waals surface area contributed by atoms with E-state index in [-0.39, 0.29) is 6.61 Å². The van der Waals surface area contributed by atoms with E-state index in [0.717, 1.165) is 6.42 Å². The summed E-state index contributed by atoms with van der Waals surface area (Å²) < 4.78 is 4.75. The van der Waals surface area contributed by atoms with Crippen molar-refractivity contribution in [3.8, 4) is 17.9 Å². The standard InChI is InChI=1S/C7H9NO/c1-2-3-4-6-9-7-5-8/h2,6-7H2,1H3. The van der Waals surface area contributed by atoms with Crippen LogP contribution in [0.1, 0.15) is 13.3 Å². The van der Waals surface area contributed by atoms with Crippen LogP contribution in [0, 0.1) is 23.2 Å². The number of hydrogen-bond acceptors (Lipinski definition) is 2. The first kappa shape index (κ1) is 8.01. The first-order chi connectivity index (χ1) is 4.41. The van der Waals surface area contributed by atoms with E-state index in [1.165, 1.54) is 0 Å². The minimum Gasteiger partial charge on any atom is -0.354 e. The highest BCUT2D eigenvalue weighted by Crippen LogP contribution is 1.71. The average Bonchev–Trinajstić information content (AvgIpc) is 1.89. The Morgan fingerprint density at radius 2 is 2.11 bits per heavy atom. The number of nitrogens with zero attached hydrogens (tertiary/aromatic N) is 1. The monoisotopic (exact) mass is 123 g/mol. The molecular weight excluding hydrogens is 114 g/mol. The largest absolute Gasteiger partial charge is 0.354 e. The SMILES string of the molecule is CCC#CCOCC#N. The molecule has 0 bridgehead atoms. The topological polar surface area (TPSA) is 33.0 Å². The molecule has 0 fully saturated rings. The lowest BCUT2D eigenvalue weighted by molar-refractivity contribution is 0.203. The van der Waals surface area contributed by atoms with Crippen molar-refractivity contribution in [2.45, 2.75) is 13.3 Å². The van der Waals surface area contributed by atoms with Gasteiger partial charge in [-0.3, -0.25) is 0 Å². The molecule has 0 amide bonds. The lowest BCUT2D eigenvalue weighted by Gasteiger charge is -1.85. The van der Waals surface area contributed by atoms with Crippen LogP contribution < -0.4 is 0 Å². The molecule has 0 radical (unpaired) electrons. The normalized spacial score (nSPS) is 7.11. The van der Waals surface area contributed by atoms with Gasteiger partial charge in [0.25, 0.3) is 0 Å². The molecular formula is C7H9NO. The molecule has 2 nitrogen and oxygen atoms in total. The molecule has 0 N–H and O–H groups in total. The highest BCUT2D eigenvalue weighted by molar-refractivity contribution is 4.97. The third-order valence-corrected chi connectivity index (χ3v) is 0.643. The van der Waals surface area contributed by atoms with E-state index in [1.807, 2.05) is 13.0 Å². The van der Waals surface area contributed by atoms with Gasteiger partial charge in [-0.2, -0.15) is 5.26 Å². The molecule has 0 spiro atoms. The van der Waals surface area contributed by atoms with Crippen molar-refractivity contribution in [2.75, 3.05) is 13.2 Å². The third kappa shape index (κ3) is 7.01. The van der Waals surface area contributed by atoms with Crippen LogP contribution in [0.15, 0.2) is 0 Å². The summed E-state index contributed by atoms with van der Waals surface area (Å²) in [4.78, 5) is 0. The third-order valence-electron chi connectivity index (χ3n) is 0.643. The van der Waals surface area contributed by atoms with Crippen LogP contribution in [0.25, 0.3) is 0 Å². The van der Waals surface area contributed by atoms with E-state index in [0.29, 0.717) is 6.61 Å². The molecule has 9 heavy (non-hydrogen) atoms. The Morgan fingerprint density at radius 3 is 2.67 bits per heavy atom. The van der Waals surface area contributed by atoms with Gasteiger partial charge in [0, 0.05) is 6.42 Å². The van der Waals surface area contributed by atoms with E-state index in [1.54, 1.807) is 0 Å². The summed E-state index contributed by atoms with van der Waals surface area (Å²) in [6, 6.07) is 1.85. The smallest absolute Gasteiger partial charge is 0.134 e. The number of rotatable bonds is 2. The van der Waals surface area contributed by atoms with Gasteiger partial charge in [-0.15, -0.1) is 5.92 Å². The van der Waals surface area contributed by atoms with E-state index >= 15 is 0 Å². The zero-order valence-corrected chi connectivity index (χ0v) is 5.48. The van der Waals surface area contributed by atoms with Crippen LogP contribution in [-0.4, -0.2) is 13.2 Å². The highest BCUT2D eigenvalue weighted by Gasteiger charge is 1.75. The molecule has 0 rings (SSSR count). The van der Waals surface area contributed by atoms with E-state index in [4.69, 9.17) is 10.00 Å². The molecule has 48 valence electrons. The zero-order chi connectivity index (χ0) is 6.95. The fourth-order valence-electron chi connectivity index (χ4n) is 0.324. The molecule has 0 aromatic rings. The first-order valence-electron chi connectivity index (χ1n) is 2.82. The maximum absolute atomic E-state index is 8.00. The summed E-state index contributed by atoms with van der Waals surface area (Å²) in [6.45, 7) is 2.48. The van der Waals surface area contributed by atoms with Crippen LogP contribution in [0.5, 0.6) is 0 Å². The maximum atomic E-state index is 8.00. The van der Waals surface area contributed by atoms with Gasteiger partial charge < -0.3 is 4.74 Å². The fraction of sp³-hybridized carbons (Fsp3) is 0.571. The van der Waals surface area contributed by atoms with Gasteiger partial charge in [0.2, 0.25) is 0 Å². The van der Waals surface area contributed by atoms with Crippen molar-refractivity contribution in [1.82, 2.24) is 0 Å². The first-order valence-corrected chi connectivity index (χ1v) is 2.82. The van der Waals surface area contributed by atoms with Crippen LogP contribution in [0.3, 0.4) is 0 Å². The summed E-state index contributed by atoms with van der Waals surface area (Å²) >= 11 is 0. The van der Waals surface area contributed by atoms with Crippen LogP contribution in [0.2, 0.25) is 0 Å². The van der Waals surface area contributed by atoms with Crippen molar-refractivity contribution in [1.29, 1.82) is 5.26 Å². The summed E-state index contributed by atoms with van der Waals surface area (Å²) in [5, 5.41) is 8.00. The second kappa shape index (κ2) is 7.01. The predicted molar refractivity (Wildman–Crippen MR) is 34.5 cm³/mol. The molecule has 0 unspecified atom stereocenters. The maximum Gasteiger partial charge on any atom is 0.134 e. The minimum atomic E-state index is 0.137. The van der Waals surface area contributed by atoms with E-state index in [2.05, 4.69) is 11.8 Å². The van der Waals surface area contributed by atoms with Crippen LogP contribution in [0.4, 0.5) is 0 Å². The second-order valence-electron chi connectivity index (χ2n) is 1.36. The molecule has 0 aromatic heterocycles. The van der Waals surface area contributed by atoms with E-state index < -0.39 is 0 Å². The number of ether oxygens (including phenoxy) is 1. The summed E-state index contributed by atoms with van der Waals surface area (Å²) in [7, 11) is 0. The minimum absolute atomic E-state index is 0.137. The second-order valence-corrected chi connectivity index (χ2v) is 1.36. The van der Waals surface area contributed by atoms with Gasteiger partial charge in [-0.25, -0.2) is 0 Å². The molecule has 0 aliphatic rings. The summed E-state index contributed by atoms with van der Waals surface area (Å²) in [6.07, 6.45) is 0.843. The van der Waals surface area contributed by atoms with Gasteiger partial charge in [0.05, 0.1) is 6.07 Å². The average molecular weight is 123 g/mol. The fourth-order valence-corrected chi connectivity index (χ4v) is 0.324. The van der Waals surface area contributed by atoms with Crippen molar-refractivity contribution < 1.29 is 4.74 Å². The molecule has 0 saturated heterocycles. The quantitative estimate of drug-likeness (QED) is 0.404. The Hall–Kier alpha value is -0.990. The van der Waals surface area contributed by atoms with Gasteiger partial charge in [0.15, 0.2) is 0 Å². The van der Waals surface area contributed by atoms with Crippen molar-refractivity contribution in [2.24, 2.45) is 0 Å². The molecule has 0 heterocycles. The highest BCUT2D eigenvalue weighted by atomic mass is 16.5. The van der Waals surface area contributed by atoms with Crippen molar-refractivity contribution in [3.63, 3.8) is 0 Å². The Morgan fingerprint density at radius 1 is 1.33 bits per heavy atom. The lowest BCUT2D eigenvalue weighted by Crippen LogP contribution is -1.89. The van der Waals surface area contributed by atoms with Crippen LogP contribution >= 0.6 is 0 Å². The van der Waals surface area contributed by atoms with Gasteiger partial charge in [0.1, 0.15) is 13.2 Å². The summed E-state index contributed by atoms with van der Waals surface area (Å²) in [5.41, 5.74) is 0. The molecule has 2 heteroatoms. The molecule has 0 aromatic carbocycles. The summed E-state index contributed by atoms with van der Waals surface area (Å²) in [5.74, 6) is 5.57. The molecule has 0 atom stereocenters. The van der Waals surface area contributed by atoms with Crippen molar-refractivity contribution >= 4 is 0 Å². The van der Waals surface area contributed by atoms with Crippen molar-refractivity contribution in [3.05, 3.63) is 0 Å². The Bertz CT molecular complexity index is 147. The lowest BCUT2D eigenvalue weighted by atomic mass is 10.5. The van der Waals surface area contributed by atoms with Crippen LogP contribution in [-0.2, 0) is 4.74 Å². The zero-order valence-electron chi connectivity index (χ0n) is 5.48. The van der Waals surface area contributed by atoms with E-state index in [9.17, 15) is 0 Å². The Kier molecular flexibility index (Phi) is 6.24. The predicted octanol–water partition coefficient (Wildman–Crippen LogP) is 0.940. The Labute approximate surface area is 55.4 Å². The van der Waals surface area contributed by atoms with Gasteiger partial charge in [-0.1, -0.05) is 12.8 Å². The number of nitriles is 1. The number of hydrogen-bond donors (Lipinski definition) is 0. The molecule has 0 aliphatic carbocycles. The Balaban J connectivity index is 3.01. The molecule has 0 saturated carbocycles.